The predicted molar refractivity (Wildman–Crippen MR) is 68.9 cm³/mol. The van der Waals surface area contributed by atoms with Gasteiger partial charge in [-0.15, -0.1) is 0 Å². The lowest BCUT2D eigenvalue weighted by Crippen LogP contribution is -2.26. The zero-order chi connectivity index (χ0) is 12.6. The number of rotatable bonds is 3. The van der Waals surface area contributed by atoms with Crippen molar-refractivity contribution in [2.75, 3.05) is 12.8 Å². The maximum absolute atomic E-state index is 6.18. The van der Waals surface area contributed by atoms with Crippen molar-refractivity contribution in [3.63, 3.8) is 0 Å². The number of anilines is 1. The number of methoxy groups -OCH3 is 1. The highest BCUT2D eigenvalue weighted by Gasteiger charge is 2.25. The Hall–Kier alpha value is -1.03. The molecule has 4 nitrogen and oxygen atoms in total. The molecule has 0 aromatic carbocycles. The first-order valence-electron chi connectivity index (χ1n) is 6.32. The Bertz CT molecular complexity index is 409. The van der Waals surface area contributed by atoms with Crippen LogP contribution < -0.4 is 5.73 Å². The molecule has 2 rings (SSSR count). The summed E-state index contributed by atoms with van der Waals surface area (Å²) in [6.45, 7) is 7.40. The molecule has 0 fully saturated rings. The molecule has 4 heteroatoms. The van der Waals surface area contributed by atoms with Gasteiger partial charge in [-0.05, 0) is 26.2 Å². The fourth-order valence-electron chi connectivity index (χ4n) is 2.34. The van der Waals surface area contributed by atoms with Crippen molar-refractivity contribution in [1.29, 1.82) is 0 Å². The summed E-state index contributed by atoms with van der Waals surface area (Å²) in [6, 6.07) is 0. The van der Waals surface area contributed by atoms with Gasteiger partial charge in [-0.25, -0.2) is 4.98 Å². The Labute approximate surface area is 103 Å². The van der Waals surface area contributed by atoms with Crippen LogP contribution in [0.2, 0.25) is 0 Å². The first kappa shape index (κ1) is 12.4. The summed E-state index contributed by atoms with van der Waals surface area (Å²) < 4.78 is 7.61. The molecule has 1 aliphatic heterocycles. The zero-order valence-corrected chi connectivity index (χ0v) is 11.3. The van der Waals surface area contributed by atoms with Crippen LogP contribution in [0.25, 0.3) is 0 Å². The maximum Gasteiger partial charge on any atom is 0.126 e. The van der Waals surface area contributed by atoms with Crippen molar-refractivity contribution in [3.05, 3.63) is 11.5 Å². The highest BCUT2D eigenvalue weighted by Crippen LogP contribution is 2.27. The molecule has 0 saturated heterocycles. The largest absolute Gasteiger partial charge is 0.384 e. The molecule has 1 unspecified atom stereocenters. The number of hydrogen-bond acceptors (Lipinski definition) is 3. The van der Waals surface area contributed by atoms with Gasteiger partial charge in [0.1, 0.15) is 11.6 Å². The van der Waals surface area contributed by atoms with Gasteiger partial charge in [-0.2, -0.15) is 0 Å². The molecule has 0 radical (unpaired) electrons. The van der Waals surface area contributed by atoms with Crippen molar-refractivity contribution < 1.29 is 4.74 Å². The number of nitrogens with zero attached hydrogens (tertiary/aromatic N) is 2. The predicted octanol–water partition coefficient (Wildman–Crippen LogP) is 2.02. The van der Waals surface area contributed by atoms with Crippen LogP contribution in [-0.2, 0) is 24.1 Å². The molecular weight excluding hydrogens is 214 g/mol. The summed E-state index contributed by atoms with van der Waals surface area (Å²) in [4.78, 5) is 4.69. The maximum atomic E-state index is 6.18. The molecule has 0 saturated carbocycles. The van der Waals surface area contributed by atoms with E-state index in [1.807, 2.05) is 0 Å². The Morgan fingerprint density at radius 2 is 2.24 bits per heavy atom. The van der Waals surface area contributed by atoms with Crippen molar-refractivity contribution in [2.24, 2.45) is 5.92 Å². The smallest absolute Gasteiger partial charge is 0.126 e. The minimum Gasteiger partial charge on any atom is -0.384 e. The normalized spacial score (nSPS) is 20.4. The van der Waals surface area contributed by atoms with E-state index in [4.69, 9.17) is 15.5 Å². The average Bonchev–Trinajstić information content (AvgIpc) is 2.55. The number of nitrogen functional groups attached to an aromatic ring is 1. The van der Waals surface area contributed by atoms with Gasteiger partial charge >= 0.3 is 0 Å². The van der Waals surface area contributed by atoms with Gasteiger partial charge in [0.15, 0.2) is 0 Å². The van der Waals surface area contributed by atoms with E-state index in [-0.39, 0.29) is 5.60 Å². The topological polar surface area (TPSA) is 53.1 Å². The van der Waals surface area contributed by atoms with Crippen molar-refractivity contribution in [3.8, 4) is 0 Å². The number of imidazole rings is 1. The Morgan fingerprint density at radius 1 is 1.53 bits per heavy atom. The van der Waals surface area contributed by atoms with E-state index in [0.29, 0.717) is 5.92 Å². The average molecular weight is 237 g/mol. The van der Waals surface area contributed by atoms with E-state index in [9.17, 15) is 0 Å². The molecule has 0 spiro atoms. The second-order valence-electron chi connectivity index (χ2n) is 5.75. The Balaban J connectivity index is 2.25. The summed E-state index contributed by atoms with van der Waals surface area (Å²) in [6.07, 6.45) is 3.00. The summed E-state index contributed by atoms with van der Waals surface area (Å²) in [5.74, 6) is 2.69. The van der Waals surface area contributed by atoms with Crippen LogP contribution in [0.4, 0.5) is 5.82 Å². The Kier molecular flexibility index (Phi) is 3.17. The molecule has 0 amide bonds. The number of ether oxygens (including phenoxy) is 1. The standard InChI is InChI=1S/C13H23N3O/c1-9-5-6-16-11(7-9)15-10(12(16)14)8-13(2,3)17-4/h9H,5-8,14H2,1-4H3. The third-order valence-corrected chi connectivity index (χ3v) is 3.68. The lowest BCUT2D eigenvalue weighted by atomic mass is 10.0. The monoisotopic (exact) mass is 237 g/mol. The SMILES string of the molecule is COC(C)(C)Cc1nc2n(c1N)CCC(C)C2. The van der Waals surface area contributed by atoms with Gasteiger partial charge in [0.25, 0.3) is 0 Å². The quantitative estimate of drug-likeness (QED) is 0.875. The van der Waals surface area contributed by atoms with Gasteiger partial charge in [0, 0.05) is 26.5 Å². The number of fused-ring (bicyclic) bond motifs is 1. The summed E-state index contributed by atoms with van der Waals surface area (Å²) in [5.41, 5.74) is 6.96. The lowest BCUT2D eigenvalue weighted by Gasteiger charge is -2.22. The van der Waals surface area contributed by atoms with E-state index in [0.717, 1.165) is 36.7 Å². The van der Waals surface area contributed by atoms with Crippen LogP contribution >= 0.6 is 0 Å². The summed E-state index contributed by atoms with van der Waals surface area (Å²) in [5, 5.41) is 0. The highest BCUT2D eigenvalue weighted by molar-refractivity contribution is 5.39. The van der Waals surface area contributed by atoms with Crippen LogP contribution in [-0.4, -0.2) is 22.3 Å². The van der Waals surface area contributed by atoms with Gasteiger partial charge in [0.2, 0.25) is 0 Å². The molecule has 96 valence electrons. The highest BCUT2D eigenvalue weighted by atomic mass is 16.5. The lowest BCUT2D eigenvalue weighted by molar-refractivity contribution is 0.0226. The molecule has 2 N–H and O–H groups in total. The van der Waals surface area contributed by atoms with E-state index in [2.05, 4.69) is 25.3 Å². The molecule has 1 aromatic heterocycles. The zero-order valence-electron chi connectivity index (χ0n) is 11.3. The van der Waals surface area contributed by atoms with Crippen molar-refractivity contribution in [1.82, 2.24) is 9.55 Å². The molecule has 0 aliphatic carbocycles. The second-order valence-corrected chi connectivity index (χ2v) is 5.75. The van der Waals surface area contributed by atoms with Crippen LogP contribution in [0.3, 0.4) is 0 Å². The van der Waals surface area contributed by atoms with Crippen LogP contribution in [0.5, 0.6) is 0 Å². The van der Waals surface area contributed by atoms with E-state index < -0.39 is 0 Å². The molecule has 2 heterocycles. The number of aromatic nitrogens is 2. The summed E-state index contributed by atoms with van der Waals surface area (Å²) in [7, 11) is 1.73. The third kappa shape index (κ3) is 2.46. The number of nitrogens with two attached hydrogens (primary N) is 1. The second kappa shape index (κ2) is 4.33. The van der Waals surface area contributed by atoms with Gasteiger partial charge in [-0.1, -0.05) is 6.92 Å². The van der Waals surface area contributed by atoms with Gasteiger partial charge in [0.05, 0.1) is 11.3 Å². The summed E-state index contributed by atoms with van der Waals surface area (Å²) >= 11 is 0. The fourth-order valence-corrected chi connectivity index (χ4v) is 2.34. The van der Waals surface area contributed by atoms with Crippen LogP contribution in [0.1, 0.15) is 38.7 Å². The minimum absolute atomic E-state index is 0.204. The van der Waals surface area contributed by atoms with Crippen molar-refractivity contribution in [2.45, 2.75) is 52.2 Å². The van der Waals surface area contributed by atoms with Crippen molar-refractivity contribution >= 4 is 5.82 Å². The number of hydrogen-bond donors (Lipinski definition) is 1. The fraction of sp³-hybridized carbons (Fsp3) is 0.769. The molecule has 17 heavy (non-hydrogen) atoms. The first-order valence-corrected chi connectivity index (χ1v) is 6.32. The third-order valence-electron chi connectivity index (χ3n) is 3.68. The van der Waals surface area contributed by atoms with E-state index in [1.165, 1.54) is 6.42 Å². The minimum atomic E-state index is -0.204. The molecule has 1 aromatic rings. The molecule has 1 aliphatic rings. The molecule has 1 atom stereocenters. The van der Waals surface area contributed by atoms with E-state index in [1.54, 1.807) is 7.11 Å². The molecule has 0 bridgehead atoms. The van der Waals surface area contributed by atoms with Crippen LogP contribution in [0.15, 0.2) is 0 Å². The van der Waals surface area contributed by atoms with Gasteiger partial charge < -0.3 is 15.0 Å². The van der Waals surface area contributed by atoms with E-state index >= 15 is 0 Å². The Morgan fingerprint density at radius 3 is 2.88 bits per heavy atom. The van der Waals surface area contributed by atoms with Crippen LogP contribution in [0, 0.1) is 5.92 Å². The molecular formula is C13H23N3O. The first-order chi connectivity index (χ1) is 7.93. The van der Waals surface area contributed by atoms with Gasteiger partial charge in [-0.3, -0.25) is 0 Å².